The molecular formula is C14H20N2O2S. The Labute approximate surface area is 119 Å². The predicted octanol–water partition coefficient (Wildman–Crippen LogP) is 1.55. The summed E-state index contributed by atoms with van der Waals surface area (Å²) in [5.41, 5.74) is 7.70. The van der Waals surface area contributed by atoms with Crippen LogP contribution in [-0.4, -0.2) is 43.3 Å². The van der Waals surface area contributed by atoms with Crippen molar-refractivity contribution in [1.82, 2.24) is 4.90 Å². The van der Waals surface area contributed by atoms with E-state index in [0.717, 1.165) is 56.1 Å². The van der Waals surface area contributed by atoms with E-state index in [4.69, 9.17) is 27.4 Å². The maximum atomic E-state index is 5.69. The summed E-state index contributed by atoms with van der Waals surface area (Å²) in [6.45, 7) is 4.46. The van der Waals surface area contributed by atoms with Crippen molar-refractivity contribution in [2.24, 2.45) is 5.73 Å². The van der Waals surface area contributed by atoms with Crippen molar-refractivity contribution in [3.05, 3.63) is 29.3 Å². The van der Waals surface area contributed by atoms with E-state index < -0.39 is 0 Å². The highest BCUT2D eigenvalue weighted by Crippen LogP contribution is 2.22. The van der Waals surface area contributed by atoms with Crippen molar-refractivity contribution in [3.63, 3.8) is 0 Å². The first-order chi connectivity index (χ1) is 9.20. The topological polar surface area (TPSA) is 47.7 Å². The molecule has 0 radical (unpaired) electrons. The average molecular weight is 280 g/mol. The first kappa shape index (κ1) is 14.2. The van der Waals surface area contributed by atoms with Gasteiger partial charge in [0, 0.05) is 37.4 Å². The average Bonchev–Trinajstić information content (AvgIpc) is 2.67. The predicted molar refractivity (Wildman–Crippen MR) is 79.6 cm³/mol. The number of nitrogens with zero attached hydrogens (tertiary/aromatic N) is 1. The molecule has 1 fully saturated rings. The molecule has 2 N–H and O–H groups in total. The van der Waals surface area contributed by atoms with Gasteiger partial charge in [0.15, 0.2) is 0 Å². The number of hydrogen-bond acceptors (Lipinski definition) is 4. The molecule has 0 aromatic heterocycles. The van der Waals surface area contributed by atoms with Crippen LogP contribution in [0.4, 0.5) is 0 Å². The lowest BCUT2D eigenvalue weighted by Gasteiger charge is -2.21. The Hall–Kier alpha value is -1.17. The molecule has 1 aliphatic rings. The van der Waals surface area contributed by atoms with Crippen LogP contribution in [0.1, 0.15) is 17.5 Å². The van der Waals surface area contributed by atoms with Crippen LogP contribution in [0.15, 0.2) is 18.2 Å². The van der Waals surface area contributed by atoms with E-state index in [1.807, 2.05) is 18.2 Å². The molecule has 1 aromatic rings. The standard InChI is InChI=1S/C14H20N2O2S/c1-17-13-4-3-11(14(15)19)9-12(13)10-16-5-2-7-18-8-6-16/h3-4,9H,2,5-8,10H2,1H3,(H2,15,19). The van der Waals surface area contributed by atoms with Crippen LogP contribution >= 0.6 is 12.2 Å². The van der Waals surface area contributed by atoms with Gasteiger partial charge in [0.25, 0.3) is 0 Å². The third kappa shape index (κ3) is 3.89. The highest BCUT2D eigenvalue weighted by molar-refractivity contribution is 7.80. The Balaban J connectivity index is 2.16. The van der Waals surface area contributed by atoms with Gasteiger partial charge in [-0.15, -0.1) is 0 Å². The zero-order valence-corrected chi connectivity index (χ0v) is 12.0. The summed E-state index contributed by atoms with van der Waals surface area (Å²) in [4.78, 5) is 2.79. The summed E-state index contributed by atoms with van der Waals surface area (Å²) in [5, 5.41) is 0. The molecule has 0 atom stereocenters. The summed E-state index contributed by atoms with van der Waals surface area (Å²) in [5.74, 6) is 0.880. The summed E-state index contributed by atoms with van der Waals surface area (Å²) in [7, 11) is 1.69. The lowest BCUT2D eigenvalue weighted by molar-refractivity contribution is 0.140. The molecular weight excluding hydrogens is 260 g/mol. The van der Waals surface area contributed by atoms with Crippen LogP contribution in [0.25, 0.3) is 0 Å². The van der Waals surface area contributed by atoms with E-state index in [-0.39, 0.29) is 0 Å². The number of methoxy groups -OCH3 is 1. The van der Waals surface area contributed by atoms with Gasteiger partial charge in [0.2, 0.25) is 0 Å². The fraction of sp³-hybridized carbons (Fsp3) is 0.500. The number of hydrogen-bond donors (Lipinski definition) is 1. The second-order valence-electron chi connectivity index (χ2n) is 4.63. The van der Waals surface area contributed by atoms with Gasteiger partial charge in [-0.2, -0.15) is 0 Å². The Kier molecular flexibility index (Phi) is 5.13. The summed E-state index contributed by atoms with van der Waals surface area (Å²) in [6, 6.07) is 5.85. The van der Waals surface area contributed by atoms with Gasteiger partial charge in [0.05, 0.1) is 13.7 Å². The highest BCUT2D eigenvalue weighted by atomic mass is 32.1. The second kappa shape index (κ2) is 6.84. The monoisotopic (exact) mass is 280 g/mol. The van der Waals surface area contributed by atoms with Crippen molar-refractivity contribution in [1.29, 1.82) is 0 Å². The fourth-order valence-corrected chi connectivity index (χ4v) is 2.38. The number of ether oxygens (including phenoxy) is 2. The van der Waals surface area contributed by atoms with Crippen molar-refractivity contribution < 1.29 is 9.47 Å². The van der Waals surface area contributed by atoms with E-state index in [0.29, 0.717) is 4.99 Å². The third-order valence-electron chi connectivity index (χ3n) is 3.27. The van der Waals surface area contributed by atoms with Gasteiger partial charge in [0.1, 0.15) is 10.7 Å². The second-order valence-corrected chi connectivity index (χ2v) is 5.07. The summed E-state index contributed by atoms with van der Waals surface area (Å²) >= 11 is 5.03. The van der Waals surface area contributed by atoms with E-state index >= 15 is 0 Å². The Morgan fingerprint density at radius 2 is 2.26 bits per heavy atom. The number of rotatable bonds is 4. The lowest BCUT2D eigenvalue weighted by atomic mass is 10.1. The molecule has 5 heteroatoms. The Morgan fingerprint density at radius 1 is 1.42 bits per heavy atom. The molecule has 4 nitrogen and oxygen atoms in total. The zero-order chi connectivity index (χ0) is 13.7. The van der Waals surface area contributed by atoms with Crippen molar-refractivity contribution in [3.8, 4) is 5.75 Å². The molecule has 104 valence electrons. The van der Waals surface area contributed by atoms with Gasteiger partial charge in [-0.05, 0) is 24.6 Å². The molecule has 0 spiro atoms. The maximum absolute atomic E-state index is 5.69. The van der Waals surface area contributed by atoms with Crippen LogP contribution in [0.3, 0.4) is 0 Å². The van der Waals surface area contributed by atoms with Crippen LogP contribution < -0.4 is 10.5 Å². The minimum atomic E-state index is 0.420. The van der Waals surface area contributed by atoms with Gasteiger partial charge in [-0.3, -0.25) is 4.90 Å². The maximum Gasteiger partial charge on any atom is 0.123 e. The van der Waals surface area contributed by atoms with E-state index in [1.165, 1.54) is 0 Å². The Morgan fingerprint density at radius 3 is 3.00 bits per heavy atom. The molecule has 1 aliphatic heterocycles. The van der Waals surface area contributed by atoms with Gasteiger partial charge < -0.3 is 15.2 Å². The molecule has 1 heterocycles. The number of nitrogens with two attached hydrogens (primary N) is 1. The first-order valence-corrected chi connectivity index (χ1v) is 6.88. The molecule has 0 amide bonds. The van der Waals surface area contributed by atoms with Crippen LogP contribution in [0, 0.1) is 0 Å². The fourth-order valence-electron chi connectivity index (χ4n) is 2.25. The van der Waals surface area contributed by atoms with Crippen LogP contribution in [0.2, 0.25) is 0 Å². The Bertz CT molecular complexity index is 443. The SMILES string of the molecule is COc1ccc(C(N)=S)cc1CN1CCCOCC1. The van der Waals surface area contributed by atoms with Gasteiger partial charge in [-0.1, -0.05) is 12.2 Å². The number of benzene rings is 1. The van der Waals surface area contributed by atoms with E-state index in [1.54, 1.807) is 7.11 Å². The molecule has 2 rings (SSSR count). The number of thiocarbonyl (C=S) groups is 1. The largest absolute Gasteiger partial charge is 0.496 e. The van der Waals surface area contributed by atoms with Crippen LogP contribution in [-0.2, 0) is 11.3 Å². The normalized spacial score (nSPS) is 16.9. The zero-order valence-electron chi connectivity index (χ0n) is 11.2. The van der Waals surface area contributed by atoms with Crippen molar-refractivity contribution >= 4 is 17.2 Å². The van der Waals surface area contributed by atoms with E-state index in [9.17, 15) is 0 Å². The molecule has 0 aliphatic carbocycles. The van der Waals surface area contributed by atoms with Crippen molar-refractivity contribution in [2.75, 3.05) is 33.4 Å². The summed E-state index contributed by atoms with van der Waals surface area (Å²) < 4.78 is 10.9. The summed E-state index contributed by atoms with van der Waals surface area (Å²) in [6.07, 6.45) is 1.07. The third-order valence-corrected chi connectivity index (χ3v) is 3.51. The highest BCUT2D eigenvalue weighted by Gasteiger charge is 2.13. The smallest absolute Gasteiger partial charge is 0.123 e. The molecule has 0 bridgehead atoms. The van der Waals surface area contributed by atoms with Gasteiger partial charge in [-0.25, -0.2) is 0 Å². The molecule has 19 heavy (non-hydrogen) atoms. The molecule has 0 saturated carbocycles. The molecule has 1 aromatic carbocycles. The quantitative estimate of drug-likeness (QED) is 0.848. The lowest BCUT2D eigenvalue weighted by Crippen LogP contribution is -2.26. The van der Waals surface area contributed by atoms with Gasteiger partial charge >= 0.3 is 0 Å². The molecule has 1 saturated heterocycles. The van der Waals surface area contributed by atoms with E-state index in [2.05, 4.69) is 4.90 Å². The van der Waals surface area contributed by atoms with Crippen LogP contribution in [0.5, 0.6) is 5.75 Å². The minimum Gasteiger partial charge on any atom is -0.496 e. The first-order valence-electron chi connectivity index (χ1n) is 6.47. The van der Waals surface area contributed by atoms with Crippen molar-refractivity contribution in [2.45, 2.75) is 13.0 Å². The minimum absolute atomic E-state index is 0.420. The molecule has 0 unspecified atom stereocenters.